The molecule has 5 nitrogen and oxygen atoms in total. The standard InChI is InChI=1S/C22H18N2O3/c1-15(25)18-12-19(23-21(26)16-8-4-2-5-9-16)14-20(13-18)24-22(27)17-10-6-3-7-11-17/h2-14H,1H3,(H,23,26)(H,24,27). The molecule has 0 fully saturated rings. The largest absolute Gasteiger partial charge is 0.322 e. The van der Waals surface area contributed by atoms with Gasteiger partial charge in [0.25, 0.3) is 11.8 Å². The average Bonchev–Trinajstić information content (AvgIpc) is 2.69. The summed E-state index contributed by atoms with van der Waals surface area (Å²) in [4.78, 5) is 36.6. The number of benzene rings is 3. The van der Waals surface area contributed by atoms with Crippen LogP contribution in [0.2, 0.25) is 0 Å². The summed E-state index contributed by atoms with van der Waals surface area (Å²) in [5.41, 5.74) is 2.25. The summed E-state index contributed by atoms with van der Waals surface area (Å²) in [5.74, 6) is -0.755. The van der Waals surface area contributed by atoms with Gasteiger partial charge >= 0.3 is 0 Å². The van der Waals surface area contributed by atoms with E-state index in [2.05, 4.69) is 10.6 Å². The molecule has 2 amide bonds. The van der Waals surface area contributed by atoms with E-state index in [1.165, 1.54) is 6.92 Å². The first kappa shape index (κ1) is 18.1. The summed E-state index contributed by atoms with van der Waals surface area (Å²) in [7, 11) is 0. The van der Waals surface area contributed by atoms with Crippen molar-refractivity contribution in [3.8, 4) is 0 Å². The van der Waals surface area contributed by atoms with E-state index in [-0.39, 0.29) is 17.6 Å². The lowest BCUT2D eigenvalue weighted by molar-refractivity contribution is 0.100. The second-order valence-corrected chi connectivity index (χ2v) is 6.00. The second-order valence-electron chi connectivity index (χ2n) is 6.00. The lowest BCUT2D eigenvalue weighted by Gasteiger charge is -2.11. The van der Waals surface area contributed by atoms with Gasteiger partial charge in [-0.3, -0.25) is 14.4 Å². The number of hydrogen-bond acceptors (Lipinski definition) is 3. The van der Waals surface area contributed by atoms with Crippen LogP contribution in [0, 0.1) is 0 Å². The lowest BCUT2D eigenvalue weighted by Crippen LogP contribution is -2.15. The second kappa shape index (κ2) is 8.10. The molecule has 5 heteroatoms. The third kappa shape index (κ3) is 4.67. The topological polar surface area (TPSA) is 75.3 Å². The molecule has 0 heterocycles. The van der Waals surface area contributed by atoms with Crippen LogP contribution < -0.4 is 10.6 Å². The SMILES string of the molecule is CC(=O)c1cc(NC(=O)c2ccccc2)cc(NC(=O)c2ccccc2)c1. The quantitative estimate of drug-likeness (QED) is 0.664. The number of hydrogen-bond donors (Lipinski definition) is 2. The number of Topliss-reactive ketones (excluding diaryl/α,β-unsaturated/α-hetero) is 1. The van der Waals surface area contributed by atoms with E-state index >= 15 is 0 Å². The Labute approximate surface area is 157 Å². The number of ketones is 1. The minimum Gasteiger partial charge on any atom is -0.322 e. The zero-order valence-corrected chi connectivity index (χ0v) is 14.7. The number of rotatable bonds is 5. The molecule has 0 unspecified atom stereocenters. The maximum atomic E-state index is 12.4. The van der Waals surface area contributed by atoms with Crippen molar-refractivity contribution in [2.45, 2.75) is 6.92 Å². The van der Waals surface area contributed by atoms with Gasteiger partial charge in [-0.1, -0.05) is 36.4 Å². The molecule has 2 N–H and O–H groups in total. The van der Waals surface area contributed by atoms with Crippen molar-refractivity contribution >= 4 is 29.0 Å². The Balaban J connectivity index is 1.85. The highest BCUT2D eigenvalue weighted by molar-refractivity contribution is 6.08. The van der Waals surface area contributed by atoms with Crippen LogP contribution in [-0.2, 0) is 0 Å². The molecule has 0 saturated heterocycles. The van der Waals surface area contributed by atoms with Gasteiger partial charge in [0.05, 0.1) is 0 Å². The normalized spacial score (nSPS) is 10.1. The number of carbonyl (C=O) groups excluding carboxylic acids is 3. The molecule has 0 spiro atoms. The third-order valence-electron chi connectivity index (χ3n) is 3.93. The maximum absolute atomic E-state index is 12.4. The zero-order chi connectivity index (χ0) is 19.2. The molecule has 0 atom stereocenters. The van der Waals surface area contributed by atoms with Crippen LogP contribution >= 0.6 is 0 Å². The Morgan fingerprint density at radius 1 is 0.593 bits per heavy atom. The number of anilines is 2. The highest BCUT2D eigenvalue weighted by atomic mass is 16.2. The van der Waals surface area contributed by atoms with Crippen molar-refractivity contribution in [1.29, 1.82) is 0 Å². The van der Waals surface area contributed by atoms with E-state index in [1.807, 2.05) is 12.1 Å². The highest BCUT2D eigenvalue weighted by Crippen LogP contribution is 2.21. The molecule has 134 valence electrons. The summed E-state index contributed by atoms with van der Waals surface area (Å²) in [6.45, 7) is 1.43. The summed E-state index contributed by atoms with van der Waals surface area (Å²) in [6.07, 6.45) is 0. The number of nitrogens with one attached hydrogen (secondary N) is 2. The van der Waals surface area contributed by atoms with Crippen molar-refractivity contribution in [1.82, 2.24) is 0 Å². The van der Waals surface area contributed by atoms with E-state index in [4.69, 9.17) is 0 Å². The molecule has 3 aromatic carbocycles. The Kier molecular flexibility index (Phi) is 5.42. The van der Waals surface area contributed by atoms with Crippen LogP contribution in [0.1, 0.15) is 38.0 Å². The van der Waals surface area contributed by atoms with Crippen LogP contribution in [0.15, 0.2) is 78.9 Å². The van der Waals surface area contributed by atoms with E-state index in [0.29, 0.717) is 28.1 Å². The average molecular weight is 358 g/mol. The molecule has 3 aromatic rings. The number of carbonyl (C=O) groups is 3. The van der Waals surface area contributed by atoms with Gasteiger partial charge < -0.3 is 10.6 Å². The van der Waals surface area contributed by atoms with Gasteiger partial charge in [-0.05, 0) is 49.4 Å². The van der Waals surface area contributed by atoms with Gasteiger partial charge in [-0.25, -0.2) is 0 Å². The summed E-state index contributed by atoms with van der Waals surface area (Å²) in [5, 5.41) is 5.53. The fourth-order valence-corrected chi connectivity index (χ4v) is 2.56. The number of amides is 2. The summed E-state index contributed by atoms with van der Waals surface area (Å²) >= 11 is 0. The van der Waals surface area contributed by atoms with Crippen molar-refractivity contribution in [3.63, 3.8) is 0 Å². The zero-order valence-electron chi connectivity index (χ0n) is 14.7. The molecule has 0 aromatic heterocycles. The molecule has 0 aliphatic rings. The van der Waals surface area contributed by atoms with E-state index in [1.54, 1.807) is 66.7 Å². The van der Waals surface area contributed by atoms with E-state index in [0.717, 1.165) is 0 Å². The maximum Gasteiger partial charge on any atom is 0.255 e. The first-order chi connectivity index (χ1) is 13.0. The monoisotopic (exact) mass is 358 g/mol. The fourth-order valence-electron chi connectivity index (χ4n) is 2.56. The molecule has 27 heavy (non-hydrogen) atoms. The molecule has 0 radical (unpaired) electrons. The molecule has 3 rings (SSSR count). The first-order valence-corrected chi connectivity index (χ1v) is 8.42. The third-order valence-corrected chi connectivity index (χ3v) is 3.93. The summed E-state index contributed by atoms with van der Waals surface area (Å²) < 4.78 is 0. The van der Waals surface area contributed by atoms with Crippen LogP contribution in [0.5, 0.6) is 0 Å². The Hall–Kier alpha value is -3.73. The van der Waals surface area contributed by atoms with Crippen molar-refractivity contribution in [2.75, 3.05) is 10.6 Å². The van der Waals surface area contributed by atoms with Gasteiger partial charge in [-0.2, -0.15) is 0 Å². The van der Waals surface area contributed by atoms with E-state index in [9.17, 15) is 14.4 Å². The minimum atomic E-state index is -0.295. The lowest BCUT2D eigenvalue weighted by atomic mass is 10.1. The van der Waals surface area contributed by atoms with Gasteiger partial charge in [0.1, 0.15) is 0 Å². The summed E-state index contributed by atoms with van der Waals surface area (Å²) in [6, 6.07) is 22.3. The Morgan fingerprint density at radius 2 is 1.00 bits per heavy atom. The predicted octanol–water partition coefficient (Wildman–Crippen LogP) is 4.39. The smallest absolute Gasteiger partial charge is 0.255 e. The van der Waals surface area contributed by atoms with E-state index < -0.39 is 0 Å². The van der Waals surface area contributed by atoms with Crippen LogP contribution in [0.3, 0.4) is 0 Å². The van der Waals surface area contributed by atoms with Gasteiger partial charge in [0.2, 0.25) is 0 Å². The van der Waals surface area contributed by atoms with Gasteiger partial charge in [-0.15, -0.1) is 0 Å². The molecule has 0 bridgehead atoms. The molecular weight excluding hydrogens is 340 g/mol. The first-order valence-electron chi connectivity index (χ1n) is 8.42. The molecular formula is C22H18N2O3. The highest BCUT2D eigenvalue weighted by Gasteiger charge is 2.11. The van der Waals surface area contributed by atoms with Crippen LogP contribution in [-0.4, -0.2) is 17.6 Å². The molecule has 0 aliphatic heterocycles. The Bertz CT molecular complexity index is 911. The minimum absolute atomic E-state index is 0.166. The van der Waals surface area contributed by atoms with Crippen molar-refractivity contribution in [3.05, 3.63) is 95.6 Å². The van der Waals surface area contributed by atoms with Crippen molar-refractivity contribution < 1.29 is 14.4 Å². The fraction of sp³-hybridized carbons (Fsp3) is 0.0455. The van der Waals surface area contributed by atoms with Gasteiger partial charge in [0.15, 0.2) is 5.78 Å². The molecule has 0 saturated carbocycles. The van der Waals surface area contributed by atoms with Crippen molar-refractivity contribution in [2.24, 2.45) is 0 Å². The van der Waals surface area contributed by atoms with Gasteiger partial charge in [0, 0.05) is 28.1 Å². The predicted molar refractivity (Wildman–Crippen MR) is 105 cm³/mol. The van der Waals surface area contributed by atoms with Crippen LogP contribution in [0.25, 0.3) is 0 Å². The Morgan fingerprint density at radius 3 is 1.37 bits per heavy atom. The molecule has 0 aliphatic carbocycles. The van der Waals surface area contributed by atoms with Crippen LogP contribution in [0.4, 0.5) is 11.4 Å².